The lowest BCUT2D eigenvalue weighted by atomic mass is 9.33. The average Bonchev–Trinajstić information content (AvgIpc) is 3.16. The Bertz CT molecular complexity index is 570. The van der Waals surface area contributed by atoms with Crippen LogP contribution in [0.15, 0.2) is 0 Å². The molecule has 128 valence electrons. The third-order valence-corrected chi connectivity index (χ3v) is 10.4. The molecular weight excluding hydrogens is 282 g/mol. The molecule has 3 aliphatic heterocycles. The van der Waals surface area contributed by atoms with Crippen LogP contribution in [0.2, 0.25) is 0 Å². The van der Waals surface area contributed by atoms with Crippen molar-refractivity contribution in [3.05, 3.63) is 0 Å². The molecular formula is C21H33NO. The van der Waals surface area contributed by atoms with Crippen molar-refractivity contribution in [3.8, 4) is 0 Å². The van der Waals surface area contributed by atoms with Crippen LogP contribution in [-0.2, 0) is 4.74 Å². The number of nitrogens with one attached hydrogen (secondary N) is 1. The summed E-state index contributed by atoms with van der Waals surface area (Å²) in [4.78, 5) is 0. The van der Waals surface area contributed by atoms with E-state index in [1.54, 1.807) is 0 Å². The van der Waals surface area contributed by atoms with Gasteiger partial charge in [-0.2, -0.15) is 0 Å². The lowest BCUT2D eigenvalue weighted by Crippen LogP contribution is -2.85. The van der Waals surface area contributed by atoms with Crippen molar-refractivity contribution in [2.75, 3.05) is 6.61 Å². The van der Waals surface area contributed by atoms with Gasteiger partial charge in [0.25, 0.3) is 0 Å². The summed E-state index contributed by atoms with van der Waals surface area (Å²) in [6.07, 6.45) is 11.4. The summed E-state index contributed by atoms with van der Waals surface area (Å²) in [6.45, 7) is 8.68. The second-order valence-electron chi connectivity index (χ2n) is 10.5. The quantitative estimate of drug-likeness (QED) is 0.785. The van der Waals surface area contributed by atoms with Gasteiger partial charge in [0.05, 0.1) is 5.60 Å². The van der Waals surface area contributed by atoms with Gasteiger partial charge < -0.3 is 10.1 Å². The molecule has 2 nitrogen and oxygen atoms in total. The van der Waals surface area contributed by atoms with E-state index in [1.807, 2.05) is 0 Å². The average molecular weight is 316 g/mol. The zero-order chi connectivity index (χ0) is 15.7. The maximum Gasteiger partial charge on any atom is 0.0830 e. The molecule has 0 aromatic heterocycles. The molecule has 4 aliphatic carbocycles. The van der Waals surface area contributed by atoms with Gasteiger partial charge in [0.15, 0.2) is 0 Å². The molecule has 4 saturated carbocycles. The molecule has 0 amide bonds. The van der Waals surface area contributed by atoms with E-state index in [4.69, 9.17) is 4.74 Å². The number of piperidine rings is 2. The predicted octanol–water partition coefficient (Wildman–Crippen LogP) is 4.14. The molecule has 7 rings (SSSR count). The lowest BCUT2D eigenvalue weighted by Gasteiger charge is -2.77. The molecule has 23 heavy (non-hydrogen) atoms. The summed E-state index contributed by atoms with van der Waals surface area (Å²) in [5.74, 6) is 2.60. The van der Waals surface area contributed by atoms with Crippen molar-refractivity contribution in [1.82, 2.24) is 5.32 Å². The summed E-state index contributed by atoms with van der Waals surface area (Å²) in [7, 11) is 0. The first kappa shape index (κ1) is 14.1. The number of hydrogen-bond donors (Lipinski definition) is 1. The predicted molar refractivity (Wildman–Crippen MR) is 91.1 cm³/mol. The van der Waals surface area contributed by atoms with Crippen molar-refractivity contribution in [2.24, 2.45) is 34.0 Å². The first-order chi connectivity index (χ1) is 11.0. The second kappa shape index (κ2) is 3.85. The van der Waals surface area contributed by atoms with Crippen LogP contribution in [0.25, 0.3) is 0 Å². The zero-order valence-corrected chi connectivity index (χ0v) is 15.2. The van der Waals surface area contributed by atoms with Crippen LogP contribution in [-0.4, -0.2) is 24.3 Å². The summed E-state index contributed by atoms with van der Waals surface area (Å²) in [5, 5.41) is 4.34. The Morgan fingerprint density at radius 2 is 1.87 bits per heavy atom. The van der Waals surface area contributed by atoms with Crippen LogP contribution < -0.4 is 5.32 Å². The first-order valence-corrected chi connectivity index (χ1v) is 10.4. The largest absolute Gasteiger partial charge is 0.374 e. The molecule has 3 saturated heterocycles. The fourth-order valence-corrected chi connectivity index (χ4v) is 9.94. The van der Waals surface area contributed by atoms with Gasteiger partial charge in [-0.05, 0) is 74.5 Å². The molecule has 0 aromatic rings. The summed E-state index contributed by atoms with van der Waals surface area (Å²) >= 11 is 0. The molecule has 8 atom stereocenters. The third-order valence-electron chi connectivity index (χ3n) is 10.4. The minimum absolute atomic E-state index is 0.246. The monoisotopic (exact) mass is 315 g/mol. The number of rotatable bonds is 1. The fourth-order valence-electron chi connectivity index (χ4n) is 9.94. The lowest BCUT2D eigenvalue weighted by molar-refractivity contribution is -0.295. The van der Waals surface area contributed by atoms with Gasteiger partial charge in [0, 0.05) is 29.5 Å². The van der Waals surface area contributed by atoms with E-state index < -0.39 is 0 Å². The van der Waals surface area contributed by atoms with E-state index in [1.165, 1.54) is 51.4 Å². The topological polar surface area (TPSA) is 21.3 Å². The zero-order valence-electron chi connectivity index (χ0n) is 15.2. The van der Waals surface area contributed by atoms with E-state index >= 15 is 0 Å². The van der Waals surface area contributed by atoms with Gasteiger partial charge in [-0.1, -0.05) is 20.8 Å². The second-order valence-corrected chi connectivity index (χ2v) is 10.5. The Hall–Kier alpha value is -0.0800. The first-order valence-electron chi connectivity index (χ1n) is 10.4. The van der Waals surface area contributed by atoms with Crippen LogP contribution >= 0.6 is 0 Å². The number of ether oxygens (including phenoxy) is 1. The SMILES string of the molecule is CC(C)[C@H]1CC[C@@]2(C)[C@@H]3CC[C@]45CCC[C@]46OCC[C@@]62[C@H]1N[C@H]35. The van der Waals surface area contributed by atoms with Crippen molar-refractivity contribution < 1.29 is 4.74 Å². The minimum atomic E-state index is 0.246. The van der Waals surface area contributed by atoms with Crippen LogP contribution in [0.4, 0.5) is 0 Å². The highest BCUT2D eigenvalue weighted by atomic mass is 16.5. The standard InChI is InChI=1S/C21H33NO/c1-13(2)14-5-9-18(3)15-6-10-19-7-4-8-21(19)20(18,11-12-23-21)16(14)22-17(15)19/h13-17,22H,4-12H2,1-3H3/t14-,15-,16+,17-,18+,19+,20+,21+/m1/s1. The summed E-state index contributed by atoms with van der Waals surface area (Å²) in [6, 6.07) is 1.50. The fraction of sp³-hybridized carbons (Fsp3) is 1.00. The molecule has 0 radical (unpaired) electrons. The Morgan fingerprint density at radius 1 is 1.00 bits per heavy atom. The maximum atomic E-state index is 6.90. The van der Waals surface area contributed by atoms with E-state index in [0.29, 0.717) is 16.2 Å². The molecule has 3 heterocycles. The Kier molecular flexibility index (Phi) is 2.36. The number of hydrogen-bond acceptors (Lipinski definition) is 2. The molecule has 6 bridgehead atoms. The Morgan fingerprint density at radius 3 is 2.70 bits per heavy atom. The van der Waals surface area contributed by atoms with Gasteiger partial charge in [0.2, 0.25) is 0 Å². The Balaban J connectivity index is 1.64. The summed E-state index contributed by atoms with van der Waals surface area (Å²) < 4.78 is 6.90. The summed E-state index contributed by atoms with van der Waals surface area (Å²) in [5.41, 5.74) is 1.73. The van der Waals surface area contributed by atoms with Crippen molar-refractivity contribution in [2.45, 2.75) is 89.8 Å². The minimum Gasteiger partial charge on any atom is -0.374 e. The maximum absolute atomic E-state index is 6.90. The van der Waals surface area contributed by atoms with Gasteiger partial charge in [-0.3, -0.25) is 0 Å². The van der Waals surface area contributed by atoms with Crippen molar-refractivity contribution in [1.29, 1.82) is 0 Å². The van der Waals surface area contributed by atoms with E-state index in [2.05, 4.69) is 26.1 Å². The van der Waals surface area contributed by atoms with Gasteiger partial charge >= 0.3 is 0 Å². The molecule has 3 spiro atoms. The highest BCUT2D eigenvalue weighted by molar-refractivity contribution is 5.38. The van der Waals surface area contributed by atoms with Crippen molar-refractivity contribution >= 4 is 0 Å². The van der Waals surface area contributed by atoms with Crippen LogP contribution in [0.5, 0.6) is 0 Å². The van der Waals surface area contributed by atoms with Gasteiger partial charge in [-0.25, -0.2) is 0 Å². The van der Waals surface area contributed by atoms with Crippen LogP contribution in [0.3, 0.4) is 0 Å². The Labute approximate surface area is 141 Å². The van der Waals surface area contributed by atoms with Gasteiger partial charge in [-0.15, -0.1) is 0 Å². The molecule has 2 heteroatoms. The van der Waals surface area contributed by atoms with Crippen LogP contribution in [0.1, 0.15) is 72.1 Å². The highest BCUT2D eigenvalue weighted by Gasteiger charge is 2.87. The van der Waals surface area contributed by atoms with E-state index in [-0.39, 0.29) is 5.60 Å². The smallest absolute Gasteiger partial charge is 0.0830 e. The van der Waals surface area contributed by atoms with Gasteiger partial charge in [0.1, 0.15) is 0 Å². The normalized spacial score (nSPS) is 65.2. The van der Waals surface area contributed by atoms with E-state index in [0.717, 1.165) is 36.4 Å². The van der Waals surface area contributed by atoms with Crippen molar-refractivity contribution in [3.63, 3.8) is 0 Å². The molecule has 7 fully saturated rings. The third kappa shape index (κ3) is 1.10. The molecule has 7 aliphatic rings. The molecule has 1 N–H and O–H groups in total. The molecule has 0 unspecified atom stereocenters. The highest BCUT2D eigenvalue weighted by Crippen LogP contribution is 2.84. The van der Waals surface area contributed by atoms with Crippen LogP contribution in [0, 0.1) is 34.0 Å². The van der Waals surface area contributed by atoms with E-state index in [9.17, 15) is 0 Å². The molecule has 0 aromatic carbocycles.